The zero-order valence-corrected chi connectivity index (χ0v) is 16.6. The van der Waals surface area contributed by atoms with Gasteiger partial charge in [-0.05, 0) is 44.0 Å². The fourth-order valence-corrected chi connectivity index (χ4v) is 5.23. The number of nitrogens with zero attached hydrogens (tertiary/aromatic N) is 3. The highest BCUT2D eigenvalue weighted by Gasteiger charge is 2.28. The lowest BCUT2D eigenvalue weighted by Gasteiger charge is -2.34. The van der Waals surface area contributed by atoms with E-state index in [0.29, 0.717) is 31.7 Å². The van der Waals surface area contributed by atoms with E-state index in [2.05, 4.69) is 11.8 Å². The zero-order valence-electron chi connectivity index (χ0n) is 15.8. The van der Waals surface area contributed by atoms with E-state index in [-0.39, 0.29) is 10.8 Å². The molecule has 0 radical (unpaired) electrons. The molecule has 2 saturated heterocycles. The number of carbonyl (C=O) groups excluding carboxylic acids is 1. The maximum absolute atomic E-state index is 13.0. The topological polar surface area (TPSA) is 60.9 Å². The number of benzene rings is 1. The van der Waals surface area contributed by atoms with Crippen LogP contribution in [0.4, 0.5) is 0 Å². The lowest BCUT2D eigenvalue weighted by Crippen LogP contribution is -2.48. The van der Waals surface area contributed by atoms with E-state index < -0.39 is 10.0 Å². The molecule has 2 aliphatic rings. The Morgan fingerprint density at radius 1 is 1.00 bits per heavy atom. The van der Waals surface area contributed by atoms with Crippen molar-refractivity contribution in [2.24, 2.45) is 0 Å². The lowest BCUT2D eigenvalue weighted by molar-refractivity contribution is 0.0642. The summed E-state index contributed by atoms with van der Waals surface area (Å²) in [6.07, 6.45) is 2.88. The number of sulfonamides is 1. The number of hydrogen-bond acceptors (Lipinski definition) is 4. The molecule has 0 bridgehead atoms. The molecule has 0 spiro atoms. The predicted octanol–water partition coefficient (Wildman–Crippen LogP) is 1.95. The summed E-state index contributed by atoms with van der Waals surface area (Å²) in [5, 5.41) is 0. The molecule has 1 aromatic rings. The van der Waals surface area contributed by atoms with Crippen molar-refractivity contribution in [3.8, 4) is 0 Å². The molecule has 0 N–H and O–H groups in total. The Morgan fingerprint density at radius 2 is 1.65 bits per heavy atom. The molecule has 7 heteroatoms. The molecule has 1 aromatic carbocycles. The van der Waals surface area contributed by atoms with Gasteiger partial charge in [0.05, 0.1) is 4.90 Å². The Morgan fingerprint density at radius 3 is 2.27 bits per heavy atom. The van der Waals surface area contributed by atoms with Crippen molar-refractivity contribution < 1.29 is 13.2 Å². The van der Waals surface area contributed by atoms with Gasteiger partial charge in [0, 0.05) is 44.8 Å². The van der Waals surface area contributed by atoms with Crippen LogP contribution in [0.2, 0.25) is 0 Å². The number of piperidine rings is 1. The molecule has 1 amide bonds. The van der Waals surface area contributed by atoms with E-state index in [4.69, 9.17) is 0 Å². The maximum Gasteiger partial charge on any atom is 0.254 e. The summed E-state index contributed by atoms with van der Waals surface area (Å²) < 4.78 is 27.4. The monoisotopic (exact) mass is 379 g/mol. The normalized spacial score (nSPS) is 20.3. The van der Waals surface area contributed by atoms with Gasteiger partial charge in [-0.3, -0.25) is 4.79 Å². The van der Waals surface area contributed by atoms with Gasteiger partial charge in [-0.2, -0.15) is 4.31 Å². The summed E-state index contributed by atoms with van der Waals surface area (Å²) in [6, 6.07) is 4.96. The number of amides is 1. The number of rotatable bonds is 4. The molecule has 0 aliphatic carbocycles. The highest BCUT2D eigenvalue weighted by molar-refractivity contribution is 7.89. The highest BCUT2D eigenvalue weighted by atomic mass is 32.2. The van der Waals surface area contributed by atoms with Gasteiger partial charge in [-0.1, -0.05) is 19.4 Å². The molecule has 0 atom stereocenters. The van der Waals surface area contributed by atoms with Crippen LogP contribution in [-0.2, 0) is 10.0 Å². The zero-order chi connectivity index (χ0) is 18.7. The smallest absolute Gasteiger partial charge is 0.254 e. The Kier molecular flexibility index (Phi) is 5.99. The van der Waals surface area contributed by atoms with Crippen molar-refractivity contribution in [2.45, 2.75) is 38.0 Å². The van der Waals surface area contributed by atoms with E-state index in [1.165, 1.54) is 0 Å². The Balaban J connectivity index is 1.82. The van der Waals surface area contributed by atoms with Crippen molar-refractivity contribution in [3.63, 3.8) is 0 Å². The van der Waals surface area contributed by atoms with Crippen LogP contribution in [0.25, 0.3) is 0 Å². The first-order valence-electron chi connectivity index (χ1n) is 9.56. The first-order chi connectivity index (χ1) is 12.4. The molecule has 144 valence electrons. The molecule has 2 heterocycles. The second-order valence-corrected chi connectivity index (χ2v) is 9.11. The molecule has 2 aliphatic heterocycles. The summed E-state index contributed by atoms with van der Waals surface area (Å²) >= 11 is 0. The second-order valence-electron chi connectivity index (χ2n) is 7.17. The van der Waals surface area contributed by atoms with Crippen LogP contribution in [0.15, 0.2) is 23.1 Å². The maximum atomic E-state index is 13.0. The minimum atomic E-state index is -3.52. The van der Waals surface area contributed by atoms with Gasteiger partial charge in [0.2, 0.25) is 10.0 Å². The first kappa shape index (κ1) is 19.3. The van der Waals surface area contributed by atoms with E-state index in [0.717, 1.165) is 44.5 Å². The van der Waals surface area contributed by atoms with Crippen molar-refractivity contribution >= 4 is 15.9 Å². The number of carbonyl (C=O) groups is 1. The number of likely N-dealkylation sites (N-methyl/N-ethyl adjacent to an activating group) is 1. The number of hydrogen-bond donors (Lipinski definition) is 0. The molecule has 0 aromatic heterocycles. The van der Waals surface area contributed by atoms with Gasteiger partial charge in [-0.15, -0.1) is 0 Å². The molecule has 2 fully saturated rings. The molecular formula is C19H29N3O3S. The second kappa shape index (κ2) is 8.06. The van der Waals surface area contributed by atoms with Crippen molar-refractivity contribution in [2.75, 3.05) is 45.8 Å². The van der Waals surface area contributed by atoms with Gasteiger partial charge in [-0.25, -0.2) is 8.42 Å². The summed E-state index contributed by atoms with van der Waals surface area (Å²) in [5.41, 5.74) is 1.33. The summed E-state index contributed by atoms with van der Waals surface area (Å²) in [4.78, 5) is 17.4. The van der Waals surface area contributed by atoms with Gasteiger partial charge in [0.25, 0.3) is 5.91 Å². The lowest BCUT2D eigenvalue weighted by atomic mass is 10.1. The molecule has 6 nitrogen and oxygen atoms in total. The average Bonchev–Trinajstić information content (AvgIpc) is 2.68. The minimum Gasteiger partial charge on any atom is -0.336 e. The van der Waals surface area contributed by atoms with Crippen LogP contribution >= 0.6 is 0 Å². The van der Waals surface area contributed by atoms with Gasteiger partial charge >= 0.3 is 0 Å². The molecular weight excluding hydrogens is 350 g/mol. The fourth-order valence-electron chi connectivity index (χ4n) is 3.68. The predicted molar refractivity (Wildman–Crippen MR) is 102 cm³/mol. The van der Waals surface area contributed by atoms with E-state index >= 15 is 0 Å². The van der Waals surface area contributed by atoms with E-state index in [1.807, 2.05) is 11.8 Å². The van der Waals surface area contributed by atoms with E-state index in [9.17, 15) is 13.2 Å². The van der Waals surface area contributed by atoms with Crippen LogP contribution in [0.1, 0.15) is 42.1 Å². The number of piperazine rings is 1. The minimum absolute atomic E-state index is 0.0612. The van der Waals surface area contributed by atoms with Crippen LogP contribution in [-0.4, -0.2) is 74.2 Å². The average molecular weight is 380 g/mol. The Hall–Kier alpha value is -1.44. The molecule has 0 unspecified atom stereocenters. The van der Waals surface area contributed by atoms with Gasteiger partial charge in [0.15, 0.2) is 0 Å². The van der Waals surface area contributed by atoms with Crippen molar-refractivity contribution in [1.29, 1.82) is 0 Å². The first-order valence-corrected chi connectivity index (χ1v) is 11.0. The number of aryl methyl sites for hydroxylation is 1. The quantitative estimate of drug-likeness (QED) is 0.802. The van der Waals surface area contributed by atoms with Crippen LogP contribution in [0.3, 0.4) is 0 Å². The molecule has 0 saturated carbocycles. The molecule has 26 heavy (non-hydrogen) atoms. The summed E-state index contributed by atoms with van der Waals surface area (Å²) in [7, 11) is -3.52. The molecule has 3 rings (SSSR count). The third kappa shape index (κ3) is 3.94. The van der Waals surface area contributed by atoms with Gasteiger partial charge < -0.3 is 9.80 Å². The standard InChI is InChI=1S/C19H29N3O3S/c1-3-20-11-13-21(14-12-20)19(23)18-15-17(8-7-16(18)2)26(24,25)22-9-5-4-6-10-22/h7-8,15H,3-6,9-14H2,1-2H3. The summed E-state index contributed by atoms with van der Waals surface area (Å²) in [6.45, 7) is 9.23. The third-order valence-corrected chi connectivity index (χ3v) is 7.39. The summed E-state index contributed by atoms with van der Waals surface area (Å²) in [5.74, 6) is -0.0612. The Bertz CT molecular complexity index is 749. The third-order valence-electron chi connectivity index (χ3n) is 5.50. The van der Waals surface area contributed by atoms with Gasteiger partial charge in [0.1, 0.15) is 0 Å². The largest absolute Gasteiger partial charge is 0.336 e. The van der Waals surface area contributed by atoms with Crippen molar-refractivity contribution in [1.82, 2.24) is 14.1 Å². The van der Waals surface area contributed by atoms with Crippen LogP contribution in [0.5, 0.6) is 0 Å². The van der Waals surface area contributed by atoms with E-state index in [1.54, 1.807) is 22.5 Å². The highest BCUT2D eigenvalue weighted by Crippen LogP contribution is 2.24. The fraction of sp³-hybridized carbons (Fsp3) is 0.632. The van der Waals surface area contributed by atoms with Crippen molar-refractivity contribution in [3.05, 3.63) is 29.3 Å². The SMILES string of the molecule is CCN1CCN(C(=O)c2cc(S(=O)(=O)N3CCCCC3)ccc2C)CC1. The Labute approximate surface area is 156 Å². The van der Waals surface area contributed by atoms with Crippen LogP contribution < -0.4 is 0 Å². The van der Waals surface area contributed by atoms with Crippen LogP contribution in [0, 0.1) is 6.92 Å².